The summed E-state index contributed by atoms with van der Waals surface area (Å²) in [5, 5.41) is 0. The lowest BCUT2D eigenvalue weighted by atomic mass is 9.94. The van der Waals surface area contributed by atoms with E-state index in [0.717, 1.165) is 28.5 Å². The van der Waals surface area contributed by atoms with Crippen LogP contribution in [0, 0.1) is 6.92 Å². The third-order valence-corrected chi connectivity index (χ3v) is 5.37. The van der Waals surface area contributed by atoms with Crippen molar-refractivity contribution in [1.29, 1.82) is 0 Å². The topological polar surface area (TPSA) is 61.3 Å². The van der Waals surface area contributed by atoms with Crippen LogP contribution in [0.5, 0.6) is 11.6 Å². The Morgan fingerprint density at radius 3 is 2.00 bits per heavy atom. The molecule has 3 aromatic carbocycles. The van der Waals surface area contributed by atoms with Gasteiger partial charge in [-0.1, -0.05) is 90.5 Å². The van der Waals surface area contributed by atoms with Crippen molar-refractivity contribution in [2.75, 3.05) is 0 Å². The Morgan fingerprint density at radius 1 is 0.788 bits per heavy atom. The van der Waals surface area contributed by atoms with E-state index in [1.54, 1.807) is 0 Å². The Kier molecular flexibility index (Phi) is 7.44. The summed E-state index contributed by atoms with van der Waals surface area (Å²) in [5.74, 6) is 0.492. The van der Waals surface area contributed by atoms with Crippen molar-refractivity contribution >= 4 is 6.29 Å². The quantitative estimate of drug-likeness (QED) is 0.307. The minimum atomic E-state index is -0.346. The number of aryl methyl sites for hydroxylation is 1. The average Bonchev–Trinajstić information content (AvgIpc) is 2.87. The molecule has 1 atom stereocenters. The minimum absolute atomic E-state index is 0.346. The number of benzene rings is 3. The summed E-state index contributed by atoms with van der Waals surface area (Å²) < 4.78 is 12.2. The number of carbonyl (C=O) groups is 1. The van der Waals surface area contributed by atoms with Crippen LogP contribution >= 0.6 is 0 Å². The molecule has 5 nitrogen and oxygen atoms in total. The highest BCUT2D eigenvalue weighted by atomic mass is 16.5. The number of nitrogens with zero attached hydrogens (tertiary/aromatic N) is 2. The molecule has 0 aliphatic heterocycles. The van der Waals surface area contributed by atoms with Crippen LogP contribution in [-0.2, 0) is 24.4 Å². The Hall–Kier alpha value is -3.99. The fraction of sp³-hybridized carbons (Fsp3) is 0.179. The van der Waals surface area contributed by atoms with Crippen molar-refractivity contribution in [3.05, 3.63) is 119 Å². The summed E-state index contributed by atoms with van der Waals surface area (Å²) in [4.78, 5) is 20.8. The van der Waals surface area contributed by atoms with Gasteiger partial charge in [-0.15, -0.1) is 0 Å². The second kappa shape index (κ2) is 11.0. The highest BCUT2D eigenvalue weighted by molar-refractivity contribution is 5.63. The first kappa shape index (κ1) is 22.2. The zero-order chi connectivity index (χ0) is 22.9. The van der Waals surface area contributed by atoms with Crippen molar-refractivity contribution in [1.82, 2.24) is 9.97 Å². The predicted molar refractivity (Wildman–Crippen MR) is 127 cm³/mol. The molecule has 0 N–H and O–H groups in total. The normalized spacial score (nSPS) is 11.5. The number of ether oxygens (including phenoxy) is 2. The number of aldehydes is 1. The van der Waals surface area contributed by atoms with Crippen LogP contribution in [0.3, 0.4) is 0 Å². The molecule has 0 saturated carbocycles. The maximum absolute atomic E-state index is 12.0. The van der Waals surface area contributed by atoms with E-state index in [-0.39, 0.29) is 5.92 Å². The average molecular weight is 439 g/mol. The molecule has 1 heterocycles. The van der Waals surface area contributed by atoms with Gasteiger partial charge < -0.3 is 14.3 Å². The molecule has 0 amide bonds. The molecule has 5 heteroatoms. The van der Waals surface area contributed by atoms with Crippen LogP contribution < -0.4 is 9.47 Å². The Balaban J connectivity index is 1.61. The fourth-order valence-corrected chi connectivity index (χ4v) is 3.51. The van der Waals surface area contributed by atoms with Gasteiger partial charge in [-0.05, 0) is 23.6 Å². The molecule has 1 unspecified atom stereocenters. The Bertz CT molecular complexity index is 1160. The molecule has 0 bridgehead atoms. The van der Waals surface area contributed by atoms with Crippen LogP contribution in [-0.4, -0.2) is 16.3 Å². The van der Waals surface area contributed by atoms with Crippen molar-refractivity contribution in [3.63, 3.8) is 0 Å². The van der Waals surface area contributed by atoms with Gasteiger partial charge in [0.2, 0.25) is 5.75 Å². The standard InChI is InChI=1S/C28H26N2O3/c1-21-12-14-24(15-13-21)25(17-31)16-26-27(32-18-22-8-4-2-5-9-22)28(30-20-29-26)33-19-23-10-6-3-7-11-23/h2-15,17,20,25H,16,18-19H2,1H3. The molecule has 4 aromatic rings. The number of carbonyl (C=O) groups excluding carboxylic acids is 1. The van der Waals surface area contributed by atoms with Crippen LogP contribution in [0.2, 0.25) is 0 Å². The van der Waals surface area contributed by atoms with E-state index in [1.807, 2.05) is 91.9 Å². The van der Waals surface area contributed by atoms with Crippen molar-refractivity contribution < 1.29 is 14.3 Å². The zero-order valence-corrected chi connectivity index (χ0v) is 18.6. The summed E-state index contributed by atoms with van der Waals surface area (Å²) in [5.41, 5.74) is 4.77. The maximum atomic E-state index is 12.0. The molecule has 0 radical (unpaired) electrons. The molecule has 166 valence electrons. The second-order valence-electron chi connectivity index (χ2n) is 7.86. The first-order valence-corrected chi connectivity index (χ1v) is 10.9. The molecule has 0 aliphatic carbocycles. The van der Waals surface area contributed by atoms with E-state index in [0.29, 0.717) is 37.0 Å². The van der Waals surface area contributed by atoms with Crippen LogP contribution in [0.25, 0.3) is 0 Å². The lowest BCUT2D eigenvalue weighted by Crippen LogP contribution is -2.10. The molecular weight excluding hydrogens is 412 g/mol. The van der Waals surface area contributed by atoms with Gasteiger partial charge in [-0.3, -0.25) is 0 Å². The van der Waals surface area contributed by atoms with E-state index < -0.39 is 0 Å². The second-order valence-corrected chi connectivity index (χ2v) is 7.86. The molecule has 4 rings (SSSR count). The van der Waals surface area contributed by atoms with Crippen molar-refractivity contribution in [3.8, 4) is 11.6 Å². The van der Waals surface area contributed by atoms with Crippen LogP contribution in [0.15, 0.2) is 91.3 Å². The van der Waals surface area contributed by atoms with Crippen LogP contribution in [0.1, 0.15) is 33.9 Å². The smallest absolute Gasteiger partial charge is 0.260 e. The first-order chi connectivity index (χ1) is 16.2. The van der Waals surface area contributed by atoms with Gasteiger partial charge in [0.25, 0.3) is 5.88 Å². The summed E-state index contributed by atoms with van der Waals surface area (Å²) in [6.45, 7) is 2.73. The molecule has 0 saturated heterocycles. The predicted octanol–water partition coefficient (Wildman–Crippen LogP) is 5.47. The highest BCUT2D eigenvalue weighted by Gasteiger charge is 2.20. The third-order valence-electron chi connectivity index (χ3n) is 5.37. The largest absolute Gasteiger partial charge is 0.482 e. The van der Waals surface area contributed by atoms with E-state index in [9.17, 15) is 4.79 Å². The monoisotopic (exact) mass is 438 g/mol. The van der Waals surface area contributed by atoms with Gasteiger partial charge >= 0.3 is 0 Å². The first-order valence-electron chi connectivity index (χ1n) is 10.9. The van der Waals surface area contributed by atoms with E-state index in [1.165, 1.54) is 6.33 Å². The van der Waals surface area contributed by atoms with Crippen molar-refractivity contribution in [2.45, 2.75) is 32.5 Å². The van der Waals surface area contributed by atoms with E-state index in [4.69, 9.17) is 9.47 Å². The zero-order valence-electron chi connectivity index (χ0n) is 18.6. The lowest BCUT2D eigenvalue weighted by molar-refractivity contribution is -0.109. The summed E-state index contributed by atoms with van der Waals surface area (Å²) in [7, 11) is 0. The maximum Gasteiger partial charge on any atom is 0.260 e. The Morgan fingerprint density at radius 2 is 1.39 bits per heavy atom. The molecule has 1 aromatic heterocycles. The number of aromatic nitrogens is 2. The number of hydrogen-bond acceptors (Lipinski definition) is 5. The molecule has 0 aliphatic rings. The van der Waals surface area contributed by atoms with E-state index >= 15 is 0 Å². The van der Waals surface area contributed by atoms with Gasteiger partial charge in [-0.2, -0.15) is 4.98 Å². The molecular formula is C28H26N2O3. The Labute approximate surface area is 194 Å². The third kappa shape index (κ3) is 6.04. The lowest BCUT2D eigenvalue weighted by Gasteiger charge is -2.17. The highest BCUT2D eigenvalue weighted by Crippen LogP contribution is 2.32. The van der Waals surface area contributed by atoms with Crippen LogP contribution in [0.4, 0.5) is 0 Å². The number of rotatable bonds is 10. The minimum Gasteiger partial charge on any atom is -0.482 e. The summed E-state index contributed by atoms with van der Waals surface area (Å²) in [6.07, 6.45) is 2.81. The SMILES string of the molecule is Cc1ccc(C(C=O)Cc2ncnc(OCc3ccccc3)c2OCc2ccccc2)cc1. The number of hydrogen-bond donors (Lipinski definition) is 0. The van der Waals surface area contributed by atoms with Gasteiger partial charge in [0, 0.05) is 12.3 Å². The molecule has 0 spiro atoms. The van der Waals surface area contributed by atoms with Gasteiger partial charge in [0.1, 0.15) is 25.8 Å². The van der Waals surface area contributed by atoms with Gasteiger partial charge in [0.05, 0.1) is 5.69 Å². The van der Waals surface area contributed by atoms with Gasteiger partial charge in [0.15, 0.2) is 0 Å². The fourth-order valence-electron chi connectivity index (χ4n) is 3.51. The molecule has 0 fully saturated rings. The molecule has 33 heavy (non-hydrogen) atoms. The summed E-state index contributed by atoms with van der Waals surface area (Å²) in [6, 6.07) is 27.7. The summed E-state index contributed by atoms with van der Waals surface area (Å²) >= 11 is 0. The van der Waals surface area contributed by atoms with Crippen molar-refractivity contribution in [2.24, 2.45) is 0 Å². The van der Waals surface area contributed by atoms with E-state index in [2.05, 4.69) is 9.97 Å². The van der Waals surface area contributed by atoms with Gasteiger partial charge in [-0.25, -0.2) is 4.98 Å².